The first-order valence-electron chi connectivity index (χ1n) is 7.67. The number of ether oxygens (including phenoxy) is 1. The summed E-state index contributed by atoms with van der Waals surface area (Å²) >= 11 is 0. The van der Waals surface area contributed by atoms with E-state index in [0.29, 0.717) is 32.0 Å². The first kappa shape index (κ1) is 16.7. The van der Waals surface area contributed by atoms with E-state index in [-0.39, 0.29) is 10.6 Å². The van der Waals surface area contributed by atoms with Crippen molar-refractivity contribution in [1.29, 1.82) is 0 Å². The molecule has 3 rings (SSSR count). The van der Waals surface area contributed by atoms with Crippen LogP contribution in [0.25, 0.3) is 0 Å². The zero-order chi connectivity index (χ0) is 17.2. The third-order valence-corrected chi connectivity index (χ3v) is 5.28. The first-order chi connectivity index (χ1) is 11.5. The van der Waals surface area contributed by atoms with E-state index in [9.17, 15) is 12.8 Å². The molecule has 0 amide bonds. The summed E-state index contributed by atoms with van der Waals surface area (Å²) in [4.78, 5) is 2.03. The van der Waals surface area contributed by atoms with Crippen molar-refractivity contribution in [1.82, 2.24) is 0 Å². The van der Waals surface area contributed by atoms with E-state index in [0.717, 1.165) is 5.56 Å². The molecule has 1 aliphatic rings. The Morgan fingerprint density at radius 1 is 1.08 bits per heavy atom. The molecular weight excluding hydrogens is 331 g/mol. The van der Waals surface area contributed by atoms with E-state index in [2.05, 4.69) is 4.72 Å². The Balaban J connectivity index is 1.80. The molecule has 0 radical (unpaired) electrons. The lowest BCUT2D eigenvalue weighted by atomic mass is 10.2. The van der Waals surface area contributed by atoms with Crippen molar-refractivity contribution in [2.24, 2.45) is 0 Å². The van der Waals surface area contributed by atoms with Gasteiger partial charge in [-0.3, -0.25) is 4.72 Å². The number of halogens is 1. The molecule has 0 aromatic heterocycles. The van der Waals surface area contributed by atoms with Gasteiger partial charge in [0.15, 0.2) is 0 Å². The highest BCUT2D eigenvalue weighted by Gasteiger charge is 2.18. The van der Waals surface area contributed by atoms with Gasteiger partial charge in [0, 0.05) is 19.2 Å². The molecule has 128 valence electrons. The Morgan fingerprint density at radius 2 is 1.75 bits per heavy atom. The van der Waals surface area contributed by atoms with E-state index in [1.807, 2.05) is 11.8 Å². The van der Waals surface area contributed by atoms with Crippen LogP contribution in [0.15, 0.2) is 47.4 Å². The van der Waals surface area contributed by atoms with Gasteiger partial charge in [0.1, 0.15) is 5.82 Å². The molecule has 0 atom stereocenters. The molecule has 0 bridgehead atoms. The Bertz CT molecular complexity index is 816. The van der Waals surface area contributed by atoms with Crippen LogP contribution in [-0.4, -0.2) is 34.7 Å². The van der Waals surface area contributed by atoms with Crippen molar-refractivity contribution in [3.63, 3.8) is 0 Å². The van der Waals surface area contributed by atoms with Gasteiger partial charge in [0.25, 0.3) is 10.0 Å². The maximum atomic E-state index is 14.3. The second-order valence-corrected chi connectivity index (χ2v) is 7.37. The molecular formula is C17H19FN2O3S. The molecule has 5 nitrogen and oxygen atoms in total. The third kappa shape index (κ3) is 3.68. The van der Waals surface area contributed by atoms with Crippen molar-refractivity contribution >= 4 is 21.4 Å². The SMILES string of the molecule is Cc1ccc(S(=O)(=O)Nc2ccc(N3CCOCC3)c(F)c2)cc1. The fourth-order valence-electron chi connectivity index (χ4n) is 2.56. The highest BCUT2D eigenvalue weighted by molar-refractivity contribution is 7.92. The van der Waals surface area contributed by atoms with Gasteiger partial charge in [-0.1, -0.05) is 17.7 Å². The maximum Gasteiger partial charge on any atom is 0.261 e. The third-order valence-electron chi connectivity index (χ3n) is 3.88. The summed E-state index contributed by atoms with van der Waals surface area (Å²) in [5.41, 5.74) is 1.62. The Labute approximate surface area is 141 Å². The van der Waals surface area contributed by atoms with Crippen LogP contribution in [0.5, 0.6) is 0 Å². The van der Waals surface area contributed by atoms with Gasteiger partial charge >= 0.3 is 0 Å². The van der Waals surface area contributed by atoms with Gasteiger partial charge in [0.2, 0.25) is 0 Å². The quantitative estimate of drug-likeness (QED) is 0.921. The fraction of sp³-hybridized carbons (Fsp3) is 0.294. The Morgan fingerprint density at radius 3 is 2.38 bits per heavy atom. The molecule has 0 saturated carbocycles. The van der Waals surface area contributed by atoms with Gasteiger partial charge in [-0.15, -0.1) is 0 Å². The number of nitrogens with zero attached hydrogens (tertiary/aromatic N) is 1. The summed E-state index contributed by atoms with van der Waals surface area (Å²) in [6.07, 6.45) is 0. The van der Waals surface area contributed by atoms with E-state index in [1.54, 1.807) is 24.3 Å². The number of morpholine rings is 1. The number of aryl methyl sites for hydroxylation is 1. The molecule has 1 aliphatic heterocycles. The van der Waals surface area contributed by atoms with Crippen LogP contribution in [0, 0.1) is 12.7 Å². The Kier molecular flexibility index (Phi) is 4.73. The molecule has 1 fully saturated rings. The minimum Gasteiger partial charge on any atom is -0.378 e. The van der Waals surface area contributed by atoms with Crippen LogP contribution in [-0.2, 0) is 14.8 Å². The lowest BCUT2D eigenvalue weighted by Gasteiger charge is -2.29. The number of rotatable bonds is 4. The van der Waals surface area contributed by atoms with Gasteiger partial charge in [0.05, 0.1) is 29.5 Å². The average molecular weight is 350 g/mol. The predicted octanol–water partition coefficient (Wildman–Crippen LogP) is 2.77. The number of benzene rings is 2. The highest BCUT2D eigenvalue weighted by Crippen LogP contribution is 2.25. The smallest absolute Gasteiger partial charge is 0.261 e. The van der Waals surface area contributed by atoms with Gasteiger partial charge in [-0.25, -0.2) is 12.8 Å². The lowest BCUT2D eigenvalue weighted by molar-refractivity contribution is 0.122. The molecule has 0 aliphatic carbocycles. The molecule has 24 heavy (non-hydrogen) atoms. The minimum atomic E-state index is -3.73. The molecule has 1 N–H and O–H groups in total. The topological polar surface area (TPSA) is 58.6 Å². The van der Waals surface area contributed by atoms with Crippen LogP contribution in [0.4, 0.5) is 15.8 Å². The maximum absolute atomic E-state index is 14.3. The van der Waals surface area contributed by atoms with Gasteiger partial charge in [-0.2, -0.15) is 0 Å². The summed E-state index contributed by atoms with van der Waals surface area (Å²) in [5, 5.41) is 0. The van der Waals surface area contributed by atoms with Crippen molar-refractivity contribution in [2.75, 3.05) is 35.9 Å². The van der Waals surface area contributed by atoms with E-state index in [4.69, 9.17) is 4.74 Å². The summed E-state index contributed by atoms with van der Waals surface area (Å²) in [7, 11) is -3.73. The predicted molar refractivity (Wildman–Crippen MR) is 91.4 cm³/mol. The van der Waals surface area contributed by atoms with Crippen LogP contribution in [0.2, 0.25) is 0 Å². The summed E-state index contributed by atoms with van der Waals surface area (Å²) in [6.45, 7) is 4.22. The normalized spacial score (nSPS) is 15.3. The number of nitrogens with one attached hydrogen (secondary N) is 1. The van der Waals surface area contributed by atoms with Crippen molar-refractivity contribution in [3.8, 4) is 0 Å². The summed E-state index contributed by atoms with van der Waals surface area (Å²) < 4.78 is 46.7. The second-order valence-electron chi connectivity index (χ2n) is 5.68. The van der Waals surface area contributed by atoms with Crippen LogP contribution >= 0.6 is 0 Å². The van der Waals surface area contributed by atoms with E-state index in [1.165, 1.54) is 18.2 Å². The van der Waals surface area contributed by atoms with Crippen LogP contribution in [0.3, 0.4) is 0 Å². The van der Waals surface area contributed by atoms with Gasteiger partial charge in [-0.05, 0) is 31.2 Å². The summed E-state index contributed by atoms with van der Waals surface area (Å²) in [5.74, 6) is -0.457. The molecule has 7 heteroatoms. The Hall–Kier alpha value is -2.12. The van der Waals surface area contributed by atoms with Crippen LogP contribution in [0.1, 0.15) is 5.56 Å². The number of anilines is 2. The monoisotopic (exact) mass is 350 g/mol. The molecule has 0 spiro atoms. The number of hydrogen-bond donors (Lipinski definition) is 1. The fourth-order valence-corrected chi connectivity index (χ4v) is 3.61. The number of hydrogen-bond acceptors (Lipinski definition) is 4. The standard InChI is InChI=1S/C17H19FN2O3S/c1-13-2-5-15(6-3-13)24(21,22)19-14-4-7-17(16(18)12-14)20-8-10-23-11-9-20/h2-7,12,19H,8-11H2,1H3. The minimum absolute atomic E-state index is 0.144. The largest absolute Gasteiger partial charge is 0.378 e. The molecule has 0 unspecified atom stereocenters. The van der Waals surface area contributed by atoms with Crippen molar-refractivity contribution in [3.05, 3.63) is 53.8 Å². The number of sulfonamides is 1. The molecule has 1 saturated heterocycles. The van der Waals surface area contributed by atoms with E-state index < -0.39 is 15.8 Å². The van der Waals surface area contributed by atoms with Crippen LogP contribution < -0.4 is 9.62 Å². The zero-order valence-electron chi connectivity index (χ0n) is 13.3. The van der Waals surface area contributed by atoms with E-state index >= 15 is 0 Å². The van der Waals surface area contributed by atoms with Gasteiger partial charge < -0.3 is 9.64 Å². The molecule has 2 aromatic rings. The lowest BCUT2D eigenvalue weighted by Crippen LogP contribution is -2.36. The molecule has 2 aromatic carbocycles. The first-order valence-corrected chi connectivity index (χ1v) is 9.16. The van der Waals surface area contributed by atoms with Crippen molar-refractivity contribution in [2.45, 2.75) is 11.8 Å². The second kappa shape index (κ2) is 6.78. The average Bonchev–Trinajstić information content (AvgIpc) is 2.56. The summed E-state index contributed by atoms with van der Waals surface area (Å²) in [6, 6.07) is 10.9. The zero-order valence-corrected chi connectivity index (χ0v) is 14.1. The van der Waals surface area contributed by atoms with Crippen molar-refractivity contribution < 1.29 is 17.5 Å². The highest BCUT2D eigenvalue weighted by atomic mass is 32.2. The molecule has 1 heterocycles.